The van der Waals surface area contributed by atoms with E-state index in [1.165, 1.54) is 0 Å². The van der Waals surface area contributed by atoms with Crippen molar-refractivity contribution in [2.24, 2.45) is 0 Å². The molecule has 0 aliphatic heterocycles. The lowest BCUT2D eigenvalue weighted by molar-refractivity contribution is -0.120. The zero-order valence-corrected chi connectivity index (χ0v) is 12.5. The molecule has 0 aliphatic rings. The minimum atomic E-state index is 0.0952. The van der Waals surface area contributed by atoms with Gasteiger partial charge in [0.25, 0.3) is 0 Å². The van der Waals surface area contributed by atoms with E-state index in [-0.39, 0.29) is 5.91 Å². The van der Waals surface area contributed by atoms with Crippen LogP contribution in [-0.2, 0) is 11.2 Å². The van der Waals surface area contributed by atoms with Gasteiger partial charge in [-0.05, 0) is 37.5 Å². The maximum atomic E-state index is 11.6. The van der Waals surface area contributed by atoms with Crippen LogP contribution in [0.15, 0.2) is 24.3 Å². The van der Waals surface area contributed by atoms with Crippen LogP contribution >= 0.6 is 11.6 Å². The van der Waals surface area contributed by atoms with Gasteiger partial charge in [-0.1, -0.05) is 30.7 Å². The lowest BCUT2D eigenvalue weighted by Crippen LogP contribution is -2.32. The van der Waals surface area contributed by atoms with E-state index in [1.807, 2.05) is 24.3 Å². The van der Waals surface area contributed by atoms with E-state index in [4.69, 9.17) is 11.6 Å². The lowest BCUT2D eigenvalue weighted by Gasteiger charge is -2.11. The second kappa shape index (κ2) is 8.94. The summed E-state index contributed by atoms with van der Waals surface area (Å²) in [5.41, 5.74) is 1.14. The predicted molar refractivity (Wildman–Crippen MR) is 80.5 cm³/mol. The maximum absolute atomic E-state index is 11.6. The fraction of sp³-hybridized carbons (Fsp3) is 0.533. The SMILES string of the molecule is CCC(C)NCCC(=O)NCCc1cccc(Cl)c1. The molecule has 3 nitrogen and oxygen atoms in total. The number of benzene rings is 1. The molecule has 106 valence electrons. The van der Waals surface area contributed by atoms with E-state index in [0.29, 0.717) is 19.0 Å². The molecule has 1 aromatic carbocycles. The summed E-state index contributed by atoms with van der Waals surface area (Å²) in [6, 6.07) is 8.19. The highest BCUT2D eigenvalue weighted by molar-refractivity contribution is 6.30. The molecule has 0 heterocycles. The van der Waals surface area contributed by atoms with Gasteiger partial charge in [0, 0.05) is 30.6 Å². The highest BCUT2D eigenvalue weighted by Crippen LogP contribution is 2.10. The van der Waals surface area contributed by atoms with Crippen molar-refractivity contribution in [3.8, 4) is 0 Å². The van der Waals surface area contributed by atoms with Crippen molar-refractivity contribution in [1.82, 2.24) is 10.6 Å². The Hall–Kier alpha value is -1.06. The molecule has 1 amide bonds. The second-order valence-electron chi connectivity index (χ2n) is 4.74. The number of nitrogens with one attached hydrogen (secondary N) is 2. The van der Waals surface area contributed by atoms with Gasteiger partial charge < -0.3 is 10.6 Å². The van der Waals surface area contributed by atoms with Crippen LogP contribution < -0.4 is 10.6 Å². The number of hydrogen-bond donors (Lipinski definition) is 2. The first-order chi connectivity index (χ1) is 9.11. The van der Waals surface area contributed by atoms with Gasteiger partial charge in [-0.25, -0.2) is 0 Å². The molecule has 1 rings (SSSR count). The molecule has 0 bridgehead atoms. The third kappa shape index (κ3) is 7.19. The van der Waals surface area contributed by atoms with Gasteiger partial charge >= 0.3 is 0 Å². The Balaban J connectivity index is 2.13. The van der Waals surface area contributed by atoms with Crippen molar-refractivity contribution in [3.63, 3.8) is 0 Å². The quantitative estimate of drug-likeness (QED) is 0.770. The zero-order chi connectivity index (χ0) is 14.1. The van der Waals surface area contributed by atoms with Gasteiger partial charge in [-0.2, -0.15) is 0 Å². The number of rotatable bonds is 8. The normalized spacial score (nSPS) is 12.2. The van der Waals surface area contributed by atoms with Crippen LogP contribution in [0.25, 0.3) is 0 Å². The molecule has 0 aliphatic carbocycles. The molecular formula is C15H23ClN2O. The number of carbonyl (C=O) groups is 1. The van der Waals surface area contributed by atoms with E-state index in [2.05, 4.69) is 24.5 Å². The molecule has 1 unspecified atom stereocenters. The van der Waals surface area contributed by atoms with Crippen molar-refractivity contribution >= 4 is 17.5 Å². The van der Waals surface area contributed by atoms with Crippen molar-refractivity contribution in [1.29, 1.82) is 0 Å². The molecule has 0 saturated carbocycles. The second-order valence-corrected chi connectivity index (χ2v) is 5.18. The summed E-state index contributed by atoms with van der Waals surface area (Å²) in [7, 11) is 0. The first-order valence-corrected chi connectivity index (χ1v) is 7.24. The van der Waals surface area contributed by atoms with Crippen LogP contribution in [-0.4, -0.2) is 25.0 Å². The maximum Gasteiger partial charge on any atom is 0.221 e. The Morgan fingerprint density at radius 2 is 2.16 bits per heavy atom. The van der Waals surface area contributed by atoms with E-state index in [1.54, 1.807) is 0 Å². The Labute approximate surface area is 120 Å². The Kier molecular flexibility index (Phi) is 7.53. The van der Waals surface area contributed by atoms with Gasteiger partial charge in [-0.15, -0.1) is 0 Å². The van der Waals surface area contributed by atoms with Crippen molar-refractivity contribution in [2.45, 2.75) is 39.2 Å². The molecular weight excluding hydrogens is 260 g/mol. The van der Waals surface area contributed by atoms with E-state index >= 15 is 0 Å². The summed E-state index contributed by atoms with van der Waals surface area (Å²) in [6.45, 7) is 5.64. The van der Waals surface area contributed by atoms with E-state index in [9.17, 15) is 4.79 Å². The summed E-state index contributed by atoms with van der Waals surface area (Å²) < 4.78 is 0. The van der Waals surface area contributed by atoms with E-state index in [0.717, 1.165) is 30.0 Å². The summed E-state index contributed by atoms with van der Waals surface area (Å²) in [5, 5.41) is 6.96. The molecule has 0 saturated heterocycles. The van der Waals surface area contributed by atoms with Crippen LogP contribution in [0.2, 0.25) is 5.02 Å². The average Bonchev–Trinajstić information content (AvgIpc) is 2.38. The van der Waals surface area contributed by atoms with Crippen molar-refractivity contribution in [2.75, 3.05) is 13.1 Å². The Morgan fingerprint density at radius 1 is 1.37 bits per heavy atom. The van der Waals surface area contributed by atoms with Gasteiger partial charge in [0.2, 0.25) is 5.91 Å². The summed E-state index contributed by atoms with van der Waals surface area (Å²) >= 11 is 5.90. The molecule has 2 N–H and O–H groups in total. The molecule has 0 aromatic heterocycles. The first-order valence-electron chi connectivity index (χ1n) is 6.86. The topological polar surface area (TPSA) is 41.1 Å². The zero-order valence-electron chi connectivity index (χ0n) is 11.7. The molecule has 0 fully saturated rings. The van der Waals surface area contributed by atoms with Crippen LogP contribution in [0.3, 0.4) is 0 Å². The Morgan fingerprint density at radius 3 is 2.84 bits per heavy atom. The minimum Gasteiger partial charge on any atom is -0.356 e. The summed E-state index contributed by atoms with van der Waals surface area (Å²) in [6.07, 6.45) is 2.42. The van der Waals surface area contributed by atoms with Crippen LogP contribution in [0.5, 0.6) is 0 Å². The molecule has 1 atom stereocenters. The molecule has 4 heteroatoms. The van der Waals surface area contributed by atoms with Crippen molar-refractivity contribution in [3.05, 3.63) is 34.9 Å². The summed E-state index contributed by atoms with van der Waals surface area (Å²) in [5.74, 6) is 0.0952. The first kappa shape index (κ1) is 16.0. The minimum absolute atomic E-state index is 0.0952. The van der Waals surface area contributed by atoms with Gasteiger partial charge in [0.05, 0.1) is 0 Å². The molecule has 0 spiro atoms. The average molecular weight is 283 g/mol. The molecule has 1 aromatic rings. The van der Waals surface area contributed by atoms with Crippen LogP contribution in [0, 0.1) is 0 Å². The molecule has 19 heavy (non-hydrogen) atoms. The number of amides is 1. The third-order valence-electron chi connectivity index (χ3n) is 3.08. The number of carbonyl (C=O) groups excluding carboxylic acids is 1. The van der Waals surface area contributed by atoms with Gasteiger partial charge in [0.15, 0.2) is 0 Å². The van der Waals surface area contributed by atoms with Gasteiger partial charge in [-0.3, -0.25) is 4.79 Å². The van der Waals surface area contributed by atoms with Crippen LogP contribution in [0.4, 0.5) is 0 Å². The fourth-order valence-electron chi connectivity index (χ4n) is 1.70. The smallest absolute Gasteiger partial charge is 0.221 e. The Bertz CT molecular complexity index is 395. The predicted octanol–water partition coefficient (Wildman–Crippen LogP) is 2.78. The highest BCUT2D eigenvalue weighted by Gasteiger charge is 2.02. The lowest BCUT2D eigenvalue weighted by atomic mass is 10.1. The monoisotopic (exact) mass is 282 g/mol. The third-order valence-corrected chi connectivity index (χ3v) is 3.32. The van der Waals surface area contributed by atoms with E-state index < -0.39 is 0 Å². The summed E-state index contributed by atoms with van der Waals surface area (Å²) in [4.78, 5) is 11.6. The number of halogens is 1. The van der Waals surface area contributed by atoms with Gasteiger partial charge in [0.1, 0.15) is 0 Å². The number of hydrogen-bond acceptors (Lipinski definition) is 2. The fourth-order valence-corrected chi connectivity index (χ4v) is 1.92. The van der Waals surface area contributed by atoms with Crippen LogP contribution in [0.1, 0.15) is 32.3 Å². The highest BCUT2D eigenvalue weighted by atomic mass is 35.5. The largest absolute Gasteiger partial charge is 0.356 e. The van der Waals surface area contributed by atoms with Crippen molar-refractivity contribution < 1.29 is 4.79 Å². The standard InChI is InChI=1S/C15H23ClN2O/c1-3-12(2)17-10-8-15(19)18-9-7-13-5-4-6-14(16)11-13/h4-6,11-12,17H,3,7-10H2,1-2H3,(H,18,19). The molecule has 0 radical (unpaired) electrons.